The third kappa shape index (κ3) is 3.86. The lowest BCUT2D eigenvalue weighted by Crippen LogP contribution is -2.43. The highest BCUT2D eigenvalue weighted by atomic mass is 35.5. The molecule has 0 saturated heterocycles. The molecule has 5 heteroatoms. The van der Waals surface area contributed by atoms with Crippen molar-refractivity contribution in [2.75, 3.05) is 11.4 Å². The predicted octanol–water partition coefficient (Wildman–Crippen LogP) is 5.99. The number of fused-ring (bicyclic) bond motifs is 1. The van der Waals surface area contributed by atoms with Crippen LogP contribution in [0.1, 0.15) is 62.5 Å². The first-order valence-corrected chi connectivity index (χ1v) is 12.3. The molecular weight excluding hydrogens is 420 g/mol. The van der Waals surface area contributed by atoms with Gasteiger partial charge in [-0.15, -0.1) is 0 Å². The molecule has 0 N–H and O–H groups in total. The number of para-hydroxylation sites is 1. The molecule has 0 unspecified atom stereocenters. The molecule has 2 aliphatic heterocycles. The van der Waals surface area contributed by atoms with Crippen molar-refractivity contribution in [2.24, 2.45) is 0 Å². The van der Waals surface area contributed by atoms with E-state index in [0.717, 1.165) is 56.3 Å². The van der Waals surface area contributed by atoms with Gasteiger partial charge in [-0.1, -0.05) is 74.0 Å². The normalized spacial score (nSPS) is 20.4. The van der Waals surface area contributed by atoms with E-state index in [4.69, 9.17) is 11.6 Å². The molecule has 3 aliphatic rings. The minimum atomic E-state index is -0.152. The molecule has 2 amide bonds. The molecule has 0 aromatic heterocycles. The van der Waals surface area contributed by atoms with Crippen molar-refractivity contribution in [3.8, 4) is 0 Å². The van der Waals surface area contributed by atoms with Crippen molar-refractivity contribution in [1.29, 1.82) is 0 Å². The van der Waals surface area contributed by atoms with Crippen LogP contribution < -0.4 is 4.90 Å². The Bertz CT molecular complexity index is 1050. The van der Waals surface area contributed by atoms with Crippen molar-refractivity contribution in [3.63, 3.8) is 0 Å². The third-order valence-electron chi connectivity index (χ3n) is 7.04. The van der Waals surface area contributed by atoms with Crippen LogP contribution in [-0.4, -0.2) is 29.3 Å². The number of anilines is 1. The van der Waals surface area contributed by atoms with Crippen LogP contribution >= 0.6 is 11.6 Å². The van der Waals surface area contributed by atoms with Gasteiger partial charge in [-0.25, -0.2) is 0 Å². The Hall–Kier alpha value is -2.59. The zero-order chi connectivity index (χ0) is 22.1. The monoisotopic (exact) mass is 448 g/mol. The number of halogens is 1. The summed E-state index contributed by atoms with van der Waals surface area (Å²) >= 11 is 6.13. The van der Waals surface area contributed by atoms with E-state index in [1.807, 2.05) is 24.3 Å². The molecule has 4 nitrogen and oxygen atoms in total. The molecule has 2 aromatic carbocycles. The van der Waals surface area contributed by atoms with Gasteiger partial charge < -0.3 is 4.90 Å². The number of hydrogen-bond donors (Lipinski definition) is 0. The smallest absolute Gasteiger partial charge is 0.278 e. The van der Waals surface area contributed by atoms with E-state index < -0.39 is 0 Å². The summed E-state index contributed by atoms with van der Waals surface area (Å²) in [6.45, 7) is 0.737. The maximum atomic E-state index is 14.0. The van der Waals surface area contributed by atoms with Crippen LogP contribution in [-0.2, 0) is 16.0 Å². The molecule has 0 radical (unpaired) electrons. The lowest BCUT2D eigenvalue weighted by atomic mass is 9.95. The molecular formula is C27H29ClN2O2. The lowest BCUT2D eigenvalue weighted by molar-refractivity contribution is -0.140. The minimum absolute atomic E-state index is 0.0184. The summed E-state index contributed by atoms with van der Waals surface area (Å²) in [5.41, 5.74) is 4.09. The summed E-state index contributed by atoms with van der Waals surface area (Å²) < 4.78 is 0. The van der Waals surface area contributed by atoms with E-state index in [-0.39, 0.29) is 17.9 Å². The first-order valence-electron chi connectivity index (χ1n) is 11.9. The van der Waals surface area contributed by atoms with Gasteiger partial charge in [0, 0.05) is 23.3 Å². The first-order chi connectivity index (χ1) is 15.6. The number of amides is 2. The molecule has 1 saturated carbocycles. The van der Waals surface area contributed by atoms with Crippen molar-refractivity contribution in [1.82, 2.24) is 4.90 Å². The summed E-state index contributed by atoms with van der Waals surface area (Å²) in [5.74, 6) is -0.289. The Morgan fingerprint density at radius 2 is 1.47 bits per heavy atom. The second-order valence-electron chi connectivity index (χ2n) is 9.09. The zero-order valence-corrected chi connectivity index (χ0v) is 19.1. The third-order valence-corrected chi connectivity index (χ3v) is 7.30. The number of carbonyl (C=O) groups is 2. The molecule has 5 rings (SSSR count). The van der Waals surface area contributed by atoms with Gasteiger partial charge in [-0.05, 0) is 55.0 Å². The Morgan fingerprint density at radius 1 is 0.781 bits per heavy atom. The van der Waals surface area contributed by atoms with Crippen molar-refractivity contribution in [3.05, 3.63) is 70.4 Å². The van der Waals surface area contributed by atoms with Crippen LogP contribution in [0.5, 0.6) is 0 Å². The van der Waals surface area contributed by atoms with Gasteiger partial charge in [0.2, 0.25) is 0 Å². The largest absolute Gasteiger partial charge is 0.336 e. The second-order valence-corrected chi connectivity index (χ2v) is 9.53. The van der Waals surface area contributed by atoms with Crippen molar-refractivity contribution >= 4 is 34.7 Å². The van der Waals surface area contributed by atoms with E-state index in [9.17, 15) is 9.59 Å². The van der Waals surface area contributed by atoms with Gasteiger partial charge in [0.15, 0.2) is 0 Å². The Morgan fingerprint density at radius 3 is 2.22 bits per heavy atom. The fraction of sp³-hybridized carbons (Fsp3) is 0.407. The zero-order valence-electron chi connectivity index (χ0n) is 18.4. The maximum absolute atomic E-state index is 14.0. The molecule has 32 heavy (non-hydrogen) atoms. The van der Waals surface area contributed by atoms with Gasteiger partial charge in [0.1, 0.15) is 5.70 Å². The van der Waals surface area contributed by atoms with E-state index in [1.165, 1.54) is 24.8 Å². The fourth-order valence-electron chi connectivity index (χ4n) is 5.45. The minimum Gasteiger partial charge on any atom is -0.336 e. The van der Waals surface area contributed by atoms with Gasteiger partial charge in [0.25, 0.3) is 11.8 Å². The van der Waals surface area contributed by atoms with Crippen LogP contribution in [0.4, 0.5) is 5.69 Å². The van der Waals surface area contributed by atoms with Crippen molar-refractivity contribution in [2.45, 2.75) is 63.8 Å². The van der Waals surface area contributed by atoms with Gasteiger partial charge >= 0.3 is 0 Å². The Balaban J connectivity index is 1.61. The van der Waals surface area contributed by atoms with Gasteiger partial charge in [0.05, 0.1) is 5.57 Å². The molecule has 1 fully saturated rings. The molecule has 2 aromatic rings. The average Bonchev–Trinajstić information content (AvgIpc) is 3.04. The van der Waals surface area contributed by atoms with Crippen molar-refractivity contribution < 1.29 is 9.59 Å². The van der Waals surface area contributed by atoms with E-state index in [0.29, 0.717) is 16.3 Å². The topological polar surface area (TPSA) is 40.6 Å². The summed E-state index contributed by atoms with van der Waals surface area (Å²) in [6, 6.07) is 15.5. The predicted molar refractivity (Wildman–Crippen MR) is 128 cm³/mol. The average molecular weight is 449 g/mol. The fourth-order valence-corrected chi connectivity index (χ4v) is 5.58. The molecule has 1 aliphatic carbocycles. The quantitative estimate of drug-likeness (QED) is 0.542. The van der Waals surface area contributed by atoms with Crippen LogP contribution in [0.15, 0.2) is 54.2 Å². The molecule has 0 atom stereocenters. The molecule has 0 spiro atoms. The number of benzene rings is 2. The summed E-state index contributed by atoms with van der Waals surface area (Å²) in [7, 11) is 0. The molecule has 0 bridgehead atoms. The number of rotatable bonds is 3. The number of aryl methyl sites for hydroxylation is 1. The number of carbonyl (C=O) groups excluding carboxylic acids is 2. The van der Waals surface area contributed by atoms with E-state index in [2.05, 4.69) is 17.0 Å². The number of hydrogen-bond acceptors (Lipinski definition) is 3. The number of imide groups is 1. The van der Waals surface area contributed by atoms with Crippen LogP contribution in [0.3, 0.4) is 0 Å². The summed E-state index contributed by atoms with van der Waals surface area (Å²) in [4.78, 5) is 31.5. The highest BCUT2D eigenvalue weighted by Crippen LogP contribution is 2.40. The highest BCUT2D eigenvalue weighted by Gasteiger charge is 2.45. The first kappa shape index (κ1) is 21.3. The van der Waals surface area contributed by atoms with Crippen LogP contribution in [0.2, 0.25) is 5.02 Å². The maximum Gasteiger partial charge on any atom is 0.278 e. The van der Waals surface area contributed by atoms with Crippen LogP contribution in [0, 0.1) is 0 Å². The lowest BCUT2D eigenvalue weighted by Gasteiger charge is -2.33. The second kappa shape index (κ2) is 9.11. The highest BCUT2D eigenvalue weighted by molar-refractivity contribution is 6.37. The summed E-state index contributed by atoms with van der Waals surface area (Å²) in [5, 5.41) is 0.618. The van der Waals surface area contributed by atoms with Crippen LogP contribution in [0.25, 0.3) is 5.57 Å². The Kier molecular flexibility index (Phi) is 6.05. The van der Waals surface area contributed by atoms with Gasteiger partial charge in [-0.3, -0.25) is 14.5 Å². The summed E-state index contributed by atoms with van der Waals surface area (Å²) in [6.07, 6.45) is 9.49. The molecule has 166 valence electrons. The van der Waals surface area contributed by atoms with Gasteiger partial charge in [-0.2, -0.15) is 0 Å². The standard InChI is InChI=1S/C27H29ClN2O2/c28-21-16-14-20(15-17-21)24-25(29-18-8-10-19-9-6-7-13-23(19)29)27(32)30(26(24)31)22-11-4-2-1-3-5-12-22/h6-7,9,13-17,22H,1-5,8,10-12,18H2. The SMILES string of the molecule is O=C1C(c2ccc(Cl)cc2)=C(N2CCCc3ccccc32)C(=O)N1C1CCCCCCC1. The number of nitrogens with zero attached hydrogens (tertiary/aromatic N) is 2. The molecule has 2 heterocycles. The van der Waals surface area contributed by atoms with E-state index in [1.54, 1.807) is 17.0 Å². The van der Waals surface area contributed by atoms with E-state index >= 15 is 0 Å². The Labute approximate surface area is 194 Å².